The molecule has 0 radical (unpaired) electrons. The van der Waals surface area contributed by atoms with Gasteiger partial charge in [0, 0.05) is 18.3 Å². The fourth-order valence-corrected chi connectivity index (χ4v) is 6.32. The molecule has 30 heavy (non-hydrogen) atoms. The lowest BCUT2D eigenvalue weighted by Crippen LogP contribution is -2.31. The number of amides is 2. The number of fused-ring (bicyclic) bond motifs is 1. The van der Waals surface area contributed by atoms with Gasteiger partial charge in [-0.25, -0.2) is 4.98 Å². The number of primary amides is 1. The van der Waals surface area contributed by atoms with Crippen molar-refractivity contribution in [1.82, 2.24) is 10.3 Å². The molecule has 3 aromatic rings. The quantitative estimate of drug-likeness (QED) is 0.523. The summed E-state index contributed by atoms with van der Waals surface area (Å²) in [7, 11) is 1.80. The van der Waals surface area contributed by atoms with E-state index in [1.807, 2.05) is 19.1 Å². The van der Waals surface area contributed by atoms with Gasteiger partial charge in [0.25, 0.3) is 11.8 Å². The van der Waals surface area contributed by atoms with Gasteiger partial charge < -0.3 is 16.4 Å². The Morgan fingerprint density at radius 1 is 1.13 bits per heavy atom. The van der Waals surface area contributed by atoms with Gasteiger partial charge in [-0.2, -0.15) is 0 Å². The molecule has 158 valence electrons. The van der Waals surface area contributed by atoms with Crippen molar-refractivity contribution in [2.24, 2.45) is 11.7 Å². The molecule has 1 saturated carbocycles. The Morgan fingerprint density at radius 2 is 1.87 bits per heavy atom. The number of hydrogen-bond donors (Lipinski definition) is 3. The highest BCUT2D eigenvalue weighted by atomic mass is 32.1. The third kappa shape index (κ3) is 4.06. The van der Waals surface area contributed by atoms with Crippen LogP contribution in [-0.4, -0.2) is 30.4 Å². The van der Waals surface area contributed by atoms with Gasteiger partial charge in [-0.1, -0.05) is 29.5 Å². The Balaban J connectivity index is 1.39. The largest absolute Gasteiger partial charge is 0.365 e. The number of aromatic nitrogens is 1. The van der Waals surface area contributed by atoms with Crippen LogP contribution in [0.15, 0.2) is 24.3 Å². The standard InChI is InChI=1S/C22H26N4O2S2/c1-12-18(30-22(24-2)26-12)21(28)25-11-13-7-9-14(10-8-13)17-15-5-3-4-6-16(15)29-19(17)20(23)27/h3-6,13-14H,7-11H2,1-2H3,(H2,23,27)(H,24,26)(H,25,28). The summed E-state index contributed by atoms with van der Waals surface area (Å²) < 4.78 is 1.12. The van der Waals surface area contributed by atoms with Crippen LogP contribution in [0.25, 0.3) is 10.1 Å². The van der Waals surface area contributed by atoms with Gasteiger partial charge in [0.15, 0.2) is 5.13 Å². The molecular formula is C22H26N4O2S2. The smallest absolute Gasteiger partial charge is 0.263 e. The van der Waals surface area contributed by atoms with E-state index in [1.165, 1.54) is 22.7 Å². The molecule has 2 aromatic heterocycles. The van der Waals surface area contributed by atoms with Crippen LogP contribution in [0.1, 0.15) is 62.2 Å². The van der Waals surface area contributed by atoms with E-state index < -0.39 is 0 Å². The van der Waals surface area contributed by atoms with Crippen LogP contribution in [-0.2, 0) is 0 Å². The molecule has 0 spiro atoms. The summed E-state index contributed by atoms with van der Waals surface area (Å²) in [6.45, 7) is 2.53. The summed E-state index contributed by atoms with van der Waals surface area (Å²) >= 11 is 2.88. The predicted molar refractivity (Wildman–Crippen MR) is 124 cm³/mol. The molecule has 0 aliphatic heterocycles. The Morgan fingerprint density at radius 3 is 2.53 bits per heavy atom. The minimum atomic E-state index is -0.332. The first-order valence-corrected chi connectivity index (χ1v) is 11.9. The molecule has 1 aliphatic rings. The van der Waals surface area contributed by atoms with Crippen LogP contribution in [0, 0.1) is 12.8 Å². The minimum Gasteiger partial charge on any atom is -0.365 e. The van der Waals surface area contributed by atoms with Crippen LogP contribution in [0.5, 0.6) is 0 Å². The number of carbonyl (C=O) groups is 2. The van der Waals surface area contributed by atoms with E-state index in [0.29, 0.717) is 28.1 Å². The number of aryl methyl sites for hydroxylation is 1. The second-order valence-electron chi connectivity index (χ2n) is 7.82. The lowest BCUT2D eigenvalue weighted by atomic mass is 9.77. The molecule has 0 bridgehead atoms. The number of nitrogens with two attached hydrogens (primary N) is 1. The lowest BCUT2D eigenvalue weighted by Gasteiger charge is -2.29. The maximum Gasteiger partial charge on any atom is 0.263 e. The molecule has 8 heteroatoms. The van der Waals surface area contributed by atoms with Crippen LogP contribution in [0.2, 0.25) is 0 Å². The zero-order valence-electron chi connectivity index (χ0n) is 17.2. The molecule has 0 saturated heterocycles. The van der Waals surface area contributed by atoms with Crippen molar-refractivity contribution < 1.29 is 9.59 Å². The third-order valence-electron chi connectivity index (χ3n) is 5.88. The van der Waals surface area contributed by atoms with E-state index in [4.69, 9.17) is 5.73 Å². The van der Waals surface area contributed by atoms with Crippen molar-refractivity contribution in [2.75, 3.05) is 18.9 Å². The normalized spacial score (nSPS) is 19.0. The molecule has 4 rings (SSSR count). The van der Waals surface area contributed by atoms with Crippen LogP contribution in [0.3, 0.4) is 0 Å². The average Bonchev–Trinajstić information content (AvgIpc) is 3.33. The number of nitrogens with one attached hydrogen (secondary N) is 2. The summed E-state index contributed by atoms with van der Waals surface area (Å²) in [6.07, 6.45) is 4.06. The first-order chi connectivity index (χ1) is 14.5. The first kappa shape index (κ1) is 20.8. The van der Waals surface area contributed by atoms with E-state index in [9.17, 15) is 9.59 Å². The molecule has 1 aromatic carbocycles. The zero-order valence-corrected chi connectivity index (χ0v) is 18.8. The molecular weight excluding hydrogens is 416 g/mol. The summed E-state index contributed by atoms with van der Waals surface area (Å²) in [5, 5.41) is 7.99. The SMILES string of the molecule is CNc1nc(C)c(C(=O)NCC2CCC(c3c(C(N)=O)sc4ccccc34)CC2)s1. The van der Waals surface area contributed by atoms with Gasteiger partial charge in [-0.15, -0.1) is 11.3 Å². The summed E-state index contributed by atoms with van der Waals surface area (Å²) in [5.74, 6) is 0.413. The highest BCUT2D eigenvalue weighted by molar-refractivity contribution is 7.21. The number of rotatable bonds is 6. The average molecular weight is 443 g/mol. The topological polar surface area (TPSA) is 97.1 Å². The number of nitrogens with zero attached hydrogens (tertiary/aromatic N) is 1. The molecule has 0 unspecified atom stereocenters. The number of benzene rings is 1. The van der Waals surface area contributed by atoms with Gasteiger partial charge in [-0.05, 0) is 61.5 Å². The number of anilines is 1. The molecule has 2 amide bonds. The fourth-order valence-electron chi connectivity index (χ4n) is 4.34. The van der Waals surface area contributed by atoms with Crippen molar-refractivity contribution in [3.63, 3.8) is 0 Å². The van der Waals surface area contributed by atoms with E-state index in [1.54, 1.807) is 7.05 Å². The molecule has 2 heterocycles. The zero-order chi connectivity index (χ0) is 21.3. The predicted octanol–water partition coefficient (Wildman–Crippen LogP) is 4.51. The van der Waals surface area contributed by atoms with Crippen molar-refractivity contribution in [1.29, 1.82) is 0 Å². The van der Waals surface area contributed by atoms with Gasteiger partial charge in [0.1, 0.15) is 4.88 Å². The Kier molecular flexibility index (Phi) is 6.06. The van der Waals surface area contributed by atoms with Gasteiger partial charge in [0.05, 0.1) is 10.6 Å². The van der Waals surface area contributed by atoms with Gasteiger partial charge in [0.2, 0.25) is 0 Å². The van der Waals surface area contributed by atoms with Crippen molar-refractivity contribution in [3.8, 4) is 0 Å². The minimum absolute atomic E-state index is 0.0477. The summed E-state index contributed by atoms with van der Waals surface area (Å²) in [4.78, 5) is 30.3. The maximum absolute atomic E-state index is 12.5. The van der Waals surface area contributed by atoms with Crippen LogP contribution < -0.4 is 16.4 Å². The maximum atomic E-state index is 12.5. The molecule has 1 aliphatic carbocycles. The molecule has 0 atom stereocenters. The second-order valence-corrected chi connectivity index (χ2v) is 9.87. The molecule has 4 N–H and O–H groups in total. The Hall–Kier alpha value is -2.45. The molecule has 1 fully saturated rings. The van der Waals surface area contributed by atoms with Gasteiger partial charge in [-0.3, -0.25) is 9.59 Å². The number of thiazole rings is 1. The highest BCUT2D eigenvalue weighted by Gasteiger charge is 2.28. The van der Waals surface area contributed by atoms with Crippen LogP contribution in [0.4, 0.5) is 5.13 Å². The monoisotopic (exact) mass is 442 g/mol. The van der Waals surface area contributed by atoms with E-state index in [0.717, 1.165) is 52.2 Å². The Bertz CT molecular complexity index is 1080. The van der Waals surface area contributed by atoms with E-state index in [2.05, 4.69) is 27.8 Å². The summed E-state index contributed by atoms with van der Waals surface area (Å²) in [6, 6.07) is 8.16. The third-order valence-corrected chi connectivity index (χ3v) is 8.26. The van der Waals surface area contributed by atoms with Crippen molar-refractivity contribution >= 4 is 49.7 Å². The number of thiophene rings is 1. The summed E-state index contributed by atoms with van der Waals surface area (Å²) in [5.41, 5.74) is 7.58. The lowest BCUT2D eigenvalue weighted by molar-refractivity contribution is 0.0944. The second kappa shape index (κ2) is 8.73. The fraction of sp³-hybridized carbons (Fsp3) is 0.409. The van der Waals surface area contributed by atoms with Crippen molar-refractivity contribution in [3.05, 3.63) is 45.3 Å². The van der Waals surface area contributed by atoms with E-state index in [-0.39, 0.29) is 11.8 Å². The Labute approximate surface area is 183 Å². The molecule has 6 nitrogen and oxygen atoms in total. The number of carbonyl (C=O) groups excluding carboxylic acids is 2. The number of hydrogen-bond acceptors (Lipinski definition) is 6. The van der Waals surface area contributed by atoms with E-state index >= 15 is 0 Å². The van der Waals surface area contributed by atoms with Crippen molar-refractivity contribution in [2.45, 2.75) is 38.5 Å². The van der Waals surface area contributed by atoms with Gasteiger partial charge >= 0.3 is 0 Å². The van der Waals surface area contributed by atoms with Crippen LogP contribution >= 0.6 is 22.7 Å². The highest BCUT2D eigenvalue weighted by Crippen LogP contribution is 2.43. The first-order valence-electron chi connectivity index (χ1n) is 10.2.